The fourth-order valence-electron chi connectivity index (χ4n) is 1.53. The molecule has 7 heteroatoms. The van der Waals surface area contributed by atoms with Crippen molar-refractivity contribution in [1.82, 2.24) is 5.32 Å². The van der Waals surface area contributed by atoms with E-state index in [0.717, 1.165) is 32.5 Å². The van der Waals surface area contributed by atoms with Gasteiger partial charge in [-0.15, -0.1) is 0 Å². The maximum Gasteiger partial charge on any atom is 0.679 e. The third kappa shape index (κ3) is 9.50. The Hall–Kier alpha value is -0.0231. The molecule has 0 atom stereocenters. The average molecular weight is 294 g/mol. The van der Waals surface area contributed by atoms with Gasteiger partial charge < -0.3 is 28.8 Å². The SMILES string of the molecule is CCO[Si](OCC)(OCC)OCCCNCCCN. The van der Waals surface area contributed by atoms with Crippen molar-refractivity contribution in [1.29, 1.82) is 0 Å². The Morgan fingerprint density at radius 3 is 1.84 bits per heavy atom. The van der Waals surface area contributed by atoms with Crippen LogP contribution in [0.2, 0.25) is 0 Å². The lowest BCUT2D eigenvalue weighted by atomic mass is 10.4. The Morgan fingerprint density at radius 2 is 1.37 bits per heavy atom. The molecule has 0 spiro atoms. The second-order valence-electron chi connectivity index (χ2n) is 3.89. The van der Waals surface area contributed by atoms with Crippen LogP contribution in [0.25, 0.3) is 0 Å². The van der Waals surface area contributed by atoms with Gasteiger partial charge in [0.2, 0.25) is 0 Å². The van der Waals surface area contributed by atoms with Gasteiger partial charge in [-0.05, 0) is 53.2 Å². The summed E-state index contributed by atoms with van der Waals surface area (Å²) < 4.78 is 22.5. The molecule has 0 aromatic carbocycles. The van der Waals surface area contributed by atoms with Crippen LogP contribution in [0.5, 0.6) is 0 Å². The Balaban J connectivity index is 3.89. The van der Waals surface area contributed by atoms with Gasteiger partial charge in [0.25, 0.3) is 0 Å². The molecule has 0 aliphatic carbocycles. The van der Waals surface area contributed by atoms with E-state index in [1.54, 1.807) is 0 Å². The summed E-state index contributed by atoms with van der Waals surface area (Å²) in [5, 5.41) is 3.30. The number of hydrogen-bond acceptors (Lipinski definition) is 6. The first-order valence-corrected chi connectivity index (χ1v) is 8.84. The molecule has 116 valence electrons. The van der Waals surface area contributed by atoms with Crippen molar-refractivity contribution in [3.8, 4) is 0 Å². The molecule has 0 bridgehead atoms. The monoisotopic (exact) mass is 294 g/mol. The molecule has 0 heterocycles. The number of nitrogens with two attached hydrogens (primary N) is 1. The van der Waals surface area contributed by atoms with E-state index in [-0.39, 0.29) is 0 Å². The van der Waals surface area contributed by atoms with Gasteiger partial charge in [0.05, 0.1) is 0 Å². The molecule has 19 heavy (non-hydrogen) atoms. The summed E-state index contributed by atoms with van der Waals surface area (Å²) >= 11 is 0. The van der Waals surface area contributed by atoms with Crippen molar-refractivity contribution in [2.24, 2.45) is 5.73 Å². The molecule has 0 fully saturated rings. The molecule has 0 saturated carbocycles. The van der Waals surface area contributed by atoms with Gasteiger partial charge >= 0.3 is 9.05 Å². The van der Waals surface area contributed by atoms with E-state index < -0.39 is 9.05 Å². The maximum atomic E-state index is 5.77. The molecule has 0 unspecified atom stereocenters. The third-order valence-corrected chi connectivity index (χ3v) is 4.78. The lowest BCUT2D eigenvalue weighted by Gasteiger charge is -2.26. The fraction of sp³-hybridized carbons (Fsp3) is 1.00. The standard InChI is InChI=1S/C12H30N2O4Si/c1-4-15-19(16-5-2,17-6-3)18-12-8-11-14-10-7-9-13/h14H,4-13H2,1-3H3. The Kier molecular flexibility index (Phi) is 13.0. The zero-order chi connectivity index (χ0) is 14.4. The lowest BCUT2D eigenvalue weighted by molar-refractivity contribution is -0.0277. The molecule has 0 radical (unpaired) electrons. The van der Waals surface area contributed by atoms with Gasteiger partial charge in [0.15, 0.2) is 0 Å². The quantitative estimate of drug-likeness (QED) is 0.366. The molecule has 0 amide bonds. The highest BCUT2D eigenvalue weighted by Gasteiger charge is 2.44. The van der Waals surface area contributed by atoms with E-state index in [2.05, 4.69) is 5.32 Å². The first kappa shape index (κ1) is 19.0. The predicted molar refractivity (Wildman–Crippen MR) is 77.7 cm³/mol. The first-order valence-electron chi connectivity index (χ1n) is 7.21. The van der Waals surface area contributed by atoms with Crippen molar-refractivity contribution in [3.05, 3.63) is 0 Å². The Labute approximate surface area is 118 Å². The maximum absolute atomic E-state index is 5.77. The lowest BCUT2D eigenvalue weighted by Crippen LogP contribution is -2.49. The molecule has 6 nitrogen and oxygen atoms in total. The first-order chi connectivity index (χ1) is 9.24. The summed E-state index contributed by atoms with van der Waals surface area (Å²) in [6, 6.07) is 0. The summed E-state index contributed by atoms with van der Waals surface area (Å²) in [4.78, 5) is 0. The molecule has 0 saturated heterocycles. The molecule has 0 aromatic heterocycles. The van der Waals surface area contributed by atoms with Crippen molar-refractivity contribution in [3.63, 3.8) is 0 Å². The van der Waals surface area contributed by atoms with E-state index >= 15 is 0 Å². The molecular weight excluding hydrogens is 264 g/mol. The summed E-state index contributed by atoms with van der Waals surface area (Å²) in [6.07, 6.45) is 1.89. The summed E-state index contributed by atoms with van der Waals surface area (Å²) in [7, 11) is -2.92. The van der Waals surface area contributed by atoms with Crippen LogP contribution in [0.15, 0.2) is 0 Å². The molecular formula is C12H30N2O4Si. The normalized spacial score (nSPS) is 12.0. The van der Waals surface area contributed by atoms with E-state index in [1.165, 1.54) is 0 Å². The topological polar surface area (TPSA) is 75.0 Å². The van der Waals surface area contributed by atoms with Crippen LogP contribution in [0.3, 0.4) is 0 Å². The largest absolute Gasteiger partial charge is 0.679 e. The van der Waals surface area contributed by atoms with Crippen LogP contribution >= 0.6 is 0 Å². The number of nitrogens with one attached hydrogen (secondary N) is 1. The molecule has 0 rings (SSSR count). The smallest absolute Gasteiger partial charge is 0.351 e. The van der Waals surface area contributed by atoms with E-state index in [4.69, 9.17) is 23.4 Å². The van der Waals surface area contributed by atoms with Gasteiger partial charge in [0.1, 0.15) is 0 Å². The summed E-state index contributed by atoms with van der Waals surface area (Å²) in [5.74, 6) is 0. The predicted octanol–water partition coefficient (Wildman–Crippen LogP) is 0.877. The Bertz CT molecular complexity index is 182. The molecule has 0 aromatic rings. The van der Waals surface area contributed by atoms with Gasteiger partial charge in [0, 0.05) is 26.4 Å². The minimum atomic E-state index is -2.92. The van der Waals surface area contributed by atoms with Crippen molar-refractivity contribution in [2.45, 2.75) is 33.6 Å². The van der Waals surface area contributed by atoms with Crippen LogP contribution in [0.1, 0.15) is 33.6 Å². The highest BCUT2D eigenvalue weighted by atomic mass is 28.4. The summed E-state index contributed by atoms with van der Waals surface area (Å²) in [6.45, 7) is 10.5. The highest BCUT2D eigenvalue weighted by Crippen LogP contribution is 2.12. The van der Waals surface area contributed by atoms with Crippen molar-refractivity contribution in [2.75, 3.05) is 46.1 Å². The third-order valence-electron chi connectivity index (χ3n) is 2.30. The van der Waals surface area contributed by atoms with Crippen molar-refractivity contribution < 1.29 is 17.7 Å². The second-order valence-corrected chi connectivity index (χ2v) is 6.05. The van der Waals surface area contributed by atoms with E-state index in [9.17, 15) is 0 Å². The number of rotatable bonds is 14. The average Bonchev–Trinajstić information content (AvgIpc) is 2.39. The zero-order valence-electron chi connectivity index (χ0n) is 12.6. The van der Waals surface area contributed by atoms with Crippen LogP contribution < -0.4 is 11.1 Å². The van der Waals surface area contributed by atoms with Crippen molar-refractivity contribution >= 4 is 9.05 Å². The molecule has 0 aliphatic rings. The van der Waals surface area contributed by atoms with Gasteiger partial charge in [-0.1, -0.05) is 0 Å². The molecule has 0 aliphatic heterocycles. The number of hydrogen-bond donors (Lipinski definition) is 2. The van der Waals surface area contributed by atoms with Crippen LogP contribution in [0.4, 0.5) is 0 Å². The highest BCUT2D eigenvalue weighted by molar-refractivity contribution is 6.53. The second kappa shape index (κ2) is 13.0. The Morgan fingerprint density at radius 1 is 0.842 bits per heavy atom. The molecule has 3 N–H and O–H groups in total. The zero-order valence-corrected chi connectivity index (χ0v) is 13.6. The van der Waals surface area contributed by atoms with E-state index in [1.807, 2.05) is 20.8 Å². The van der Waals surface area contributed by atoms with Crippen LogP contribution in [-0.2, 0) is 17.7 Å². The van der Waals surface area contributed by atoms with E-state index in [0.29, 0.717) is 26.4 Å². The fourth-order valence-corrected chi connectivity index (χ4v) is 3.48. The van der Waals surface area contributed by atoms with Gasteiger partial charge in [-0.2, -0.15) is 0 Å². The minimum absolute atomic E-state index is 0.529. The van der Waals surface area contributed by atoms with Gasteiger partial charge in [-0.3, -0.25) is 0 Å². The van der Waals surface area contributed by atoms with Gasteiger partial charge in [-0.25, -0.2) is 0 Å². The minimum Gasteiger partial charge on any atom is -0.351 e. The van der Waals surface area contributed by atoms with Crippen LogP contribution in [0, 0.1) is 0 Å². The summed E-state index contributed by atoms with van der Waals surface area (Å²) in [5.41, 5.74) is 5.42. The van der Waals surface area contributed by atoms with Crippen LogP contribution in [-0.4, -0.2) is 55.1 Å².